The van der Waals surface area contributed by atoms with Gasteiger partial charge < -0.3 is 26.2 Å². The lowest BCUT2D eigenvalue weighted by atomic mass is 10.0. The van der Waals surface area contributed by atoms with Gasteiger partial charge in [-0.25, -0.2) is 4.57 Å². The van der Waals surface area contributed by atoms with Gasteiger partial charge in [0.1, 0.15) is 0 Å². The van der Waals surface area contributed by atoms with Gasteiger partial charge >= 0.3 is 7.82 Å². The Balaban J connectivity index is 4.41. The van der Waals surface area contributed by atoms with Crippen molar-refractivity contribution in [1.29, 1.82) is 0 Å². The van der Waals surface area contributed by atoms with Gasteiger partial charge in [0.15, 0.2) is 0 Å². The maximum absolute atomic E-state index is 12.8. The molecule has 1 amide bonds. The summed E-state index contributed by atoms with van der Waals surface area (Å²) in [6, 6.07) is -1.00. The molecule has 0 saturated heterocycles. The van der Waals surface area contributed by atoms with Crippen LogP contribution in [0.4, 0.5) is 0 Å². The standard InChI is InChI=1S/C42H81N2O7P/c1-3-5-7-9-11-13-15-17-19-20-21-23-25-27-29-31-33-39(45)37-42(47)44-40(38-51-52(48,49)50-36-35-43)41(46)34-32-30-28-26-24-22-18-16-14-12-10-8-6-4-2/h21,23-24,26,32,34,39-41,45-46H,3-20,22,25,27-31,33,35-38,43H2,1-2H3,(H,44,47)(H,48,49)/b23-21-,26-24+,34-32+. The summed E-state index contributed by atoms with van der Waals surface area (Å²) >= 11 is 0. The topological polar surface area (TPSA) is 151 Å². The Morgan fingerprint density at radius 3 is 1.60 bits per heavy atom. The zero-order chi connectivity index (χ0) is 38.4. The van der Waals surface area contributed by atoms with Crippen molar-refractivity contribution in [2.45, 2.75) is 205 Å². The van der Waals surface area contributed by atoms with Crippen molar-refractivity contribution in [3.63, 3.8) is 0 Å². The largest absolute Gasteiger partial charge is 0.472 e. The molecule has 52 heavy (non-hydrogen) atoms. The van der Waals surface area contributed by atoms with E-state index >= 15 is 0 Å². The van der Waals surface area contributed by atoms with E-state index in [2.05, 4.69) is 43.5 Å². The molecule has 0 aromatic rings. The molecule has 0 radical (unpaired) electrons. The Morgan fingerprint density at radius 2 is 1.10 bits per heavy atom. The van der Waals surface area contributed by atoms with Gasteiger partial charge in [-0.2, -0.15) is 0 Å². The molecule has 9 nitrogen and oxygen atoms in total. The molecule has 6 N–H and O–H groups in total. The molecule has 0 saturated carbocycles. The molecule has 0 aromatic carbocycles. The second kappa shape index (κ2) is 38.0. The van der Waals surface area contributed by atoms with E-state index in [1.807, 2.05) is 6.08 Å². The van der Waals surface area contributed by atoms with Crippen LogP contribution in [0.5, 0.6) is 0 Å². The quantitative estimate of drug-likeness (QED) is 0.0236. The molecule has 4 atom stereocenters. The lowest BCUT2D eigenvalue weighted by Gasteiger charge is -2.24. The van der Waals surface area contributed by atoms with Crippen LogP contribution >= 0.6 is 7.82 Å². The molecule has 0 aliphatic carbocycles. The summed E-state index contributed by atoms with van der Waals surface area (Å²) in [6.07, 6.45) is 40.9. The number of phosphoric ester groups is 1. The normalized spacial score (nSPS) is 15.1. The van der Waals surface area contributed by atoms with E-state index in [1.165, 1.54) is 109 Å². The Hall–Kier alpha value is -1.32. The van der Waals surface area contributed by atoms with E-state index in [0.717, 1.165) is 44.9 Å². The average Bonchev–Trinajstić information content (AvgIpc) is 3.12. The lowest BCUT2D eigenvalue weighted by molar-refractivity contribution is -0.124. The van der Waals surface area contributed by atoms with Crippen LogP contribution in [0, 0.1) is 0 Å². The van der Waals surface area contributed by atoms with Crippen LogP contribution in [0.3, 0.4) is 0 Å². The summed E-state index contributed by atoms with van der Waals surface area (Å²) in [5.41, 5.74) is 5.35. The van der Waals surface area contributed by atoms with Crippen molar-refractivity contribution >= 4 is 13.7 Å². The fourth-order valence-electron chi connectivity index (χ4n) is 6.01. The van der Waals surface area contributed by atoms with Gasteiger partial charge in [-0.15, -0.1) is 0 Å². The number of rotatable bonds is 39. The molecule has 4 unspecified atom stereocenters. The van der Waals surface area contributed by atoms with Crippen LogP contribution < -0.4 is 11.1 Å². The lowest BCUT2D eigenvalue weighted by Crippen LogP contribution is -2.46. The third-order valence-corrected chi connectivity index (χ3v) is 10.2. The van der Waals surface area contributed by atoms with Crippen LogP contribution in [-0.2, 0) is 18.4 Å². The number of hydrogen-bond donors (Lipinski definition) is 5. The Kier molecular flexibility index (Phi) is 37.0. The van der Waals surface area contributed by atoms with Gasteiger partial charge in [0.05, 0.1) is 37.9 Å². The van der Waals surface area contributed by atoms with Gasteiger partial charge in [0, 0.05) is 6.54 Å². The van der Waals surface area contributed by atoms with E-state index < -0.39 is 38.6 Å². The minimum absolute atomic E-state index is 0.0427. The van der Waals surface area contributed by atoms with E-state index in [-0.39, 0.29) is 19.6 Å². The number of amides is 1. The maximum atomic E-state index is 12.8. The smallest absolute Gasteiger partial charge is 0.393 e. The third-order valence-electron chi connectivity index (χ3n) is 9.24. The summed E-state index contributed by atoms with van der Waals surface area (Å²) in [7, 11) is -4.41. The summed E-state index contributed by atoms with van der Waals surface area (Å²) in [4.78, 5) is 22.7. The molecule has 0 spiro atoms. The predicted molar refractivity (Wildman–Crippen MR) is 218 cm³/mol. The minimum Gasteiger partial charge on any atom is -0.393 e. The van der Waals surface area contributed by atoms with E-state index in [4.69, 9.17) is 14.8 Å². The van der Waals surface area contributed by atoms with Crippen LogP contribution in [0.2, 0.25) is 0 Å². The first-order valence-corrected chi connectivity index (χ1v) is 22.7. The zero-order valence-electron chi connectivity index (χ0n) is 33.4. The van der Waals surface area contributed by atoms with Crippen molar-refractivity contribution in [3.05, 3.63) is 36.5 Å². The summed E-state index contributed by atoms with van der Waals surface area (Å²) in [6.45, 7) is 3.93. The minimum atomic E-state index is -4.41. The average molecular weight is 757 g/mol. The van der Waals surface area contributed by atoms with Crippen molar-refractivity contribution in [2.24, 2.45) is 5.73 Å². The first-order chi connectivity index (χ1) is 25.3. The molecular formula is C42H81N2O7P. The fourth-order valence-corrected chi connectivity index (χ4v) is 6.77. The molecule has 0 aromatic heterocycles. The number of carbonyl (C=O) groups is 1. The molecule has 0 heterocycles. The van der Waals surface area contributed by atoms with Gasteiger partial charge in [-0.1, -0.05) is 159 Å². The van der Waals surface area contributed by atoms with E-state index in [9.17, 15) is 24.5 Å². The Bertz CT molecular complexity index is 930. The SMILES string of the molecule is CCCCCCCCCC/C=C/CC/C=C/C(O)C(COP(=O)(O)OCCN)NC(=O)CC(O)CCCCC/C=C\CCCCCCCCCCC. The highest BCUT2D eigenvalue weighted by Crippen LogP contribution is 2.43. The first-order valence-electron chi connectivity index (χ1n) is 21.2. The predicted octanol–water partition coefficient (Wildman–Crippen LogP) is 10.5. The number of hydrogen-bond acceptors (Lipinski definition) is 7. The number of unbranched alkanes of at least 4 members (excludes halogenated alkanes) is 21. The first kappa shape index (κ1) is 50.7. The molecule has 0 aliphatic rings. The molecule has 0 bridgehead atoms. The van der Waals surface area contributed by atoms with E-state index in [1.54, 1.807) is 6.08 Å². The monoisotopic (exact) mass is 757 g/mol. The molecular weight excluding hydrogens is 675 g/mol. The van der Waals surface area contributed by atoms with Crippen molar-refractivity contribution < 1.29 is 33.5 Å². The number of phosphoric acid groups is 1. The van der Waals surface area contributed by atoms with Gasteiger partial charge in [-0.05, 0) is 57.8 Å². The van der Waals surface area contributed by atoms with Gasteiger partial charge in [0.25, 0.3) is 0 Å². The summed E-state index contributed by atoms with van der Waals surface area (Å²) in [5, 5.41) is 24.0. The zero-order valence-corrected chi connectivity index (χ0v) is 34.3. The number of allylic oxidation sites excluding steroid dienone is 5. The Morgan fingerprint density at radius 1 is 0.654 bits per heavy atom. The summed E-state index contributed by atoms with van der Waals surface area (Å²) in [5.74, 6) is -0.465. The van der Waals surface area contributed by atoms with E-state index in [0.29, 0.717) is 12.8 Å². The second-order valence-corrected chi connectivity index (χ2v) is 15.8. The van der Waals surface area contributed by atoms with Crippen molar-refractivity contribution in [3.8, 4) is 0 Å². The molecule has 306 valence electrons. The number of nitrogens with two attached hydrogens (primary N) is 1. The van der Waals surface area contributed by atoms with Crippen LogP contribution in [0.1, 0.15) is 187 Å². The fraction of sp³-hybridized carbons (Fsp3) is 0.833. The highest BCUT2D eigenvalue weighted by Gasteiger charge is 2.27. The van der Waals surface area contributed by atoms with Gasteiger partial charge in [0.2, 0.25) is 5.91 Å². The summed E-state index contributed by atoms with van der Waals surface area (Å²) < 4.78 is 22.0. The molecule has 0 rings (SSSR count). The van der Waals surface area contributed by atoms with Crippen LogP contribution in [0.25, 0.3) is 0 Å². The maximum Gasteiger partial charge on any atom is 0.472 e. The number of aliphatic hydroxyl groups excluding tert-OH is 2. The molecule has 0 aliphatic heterocycles. The molecule has 0 fully saturated rings. The van der Waals surface area contributed by atoms with Crippen LogP contribution in [0.15, 0.2) is 36.5 Å². The van der Waals surface area contributed by atoms with Gasteiger partial charge in [-0.3, -0.25) is 13.8 Å². The number of carbonyl (C=O) groups excluding carboxylic acids is 1. The second-order valence-electron chi connectivity index (χ2n) is 14.4. The molecule has 10 heteroatoms. The number of aliphatic hydroxyl groups is 2. The number of nitrogens with one attached hydrogen (secondary N) is 1. The highest BCUT2D eigenvalue weighted by atomic mass is 31.2. The third kappa shape index (κ3) is 35.7. The Labute approximate surface area is 319 Å². The van der Waals surface area contributed by atoms with Crippen molar-refractivity contribution in [1.82, 2.24) is 5.32 Å². The van der Waals surface area contributed by atoms with Crippen molar-refractivity contribution in [2.75, 3.05) is 19.8 Å². The highest BCUT2D eigenvalue weighted by molar-refractivity contribution is 7.47. The van der Waals surface area contributed by atoms with Crippen LogP contribution in [-0.4, -0.2) is 59.0 Å².